The molecule has 5 heteroatoms. The van der Waals surface area contributed by atoms with Crippen LogP contribution in [0.25, 0.3) is 0 Å². The number of nitrogens with zero attached hydrogens (tertiary/aromatic N) is 1. The van der Waals surface area contributed by atoms with E-state index in [4.69, 9.17) is 5.11 Å². The second-order valence-electron chi connectivity index (χ2n) is 5.62. The molecule has 0 bridgehead atoms. The highest BCUT2D eigenvalue weighted by Gasteiger charge is 2.27. The molecule has 1 aliphatic heterocycles. The van der Waals surface area contributed by atoms with Crippen molar-refractivity contribution in [3.05, 3.63) is 35.6 Å². The van der Waals surface area contributed by atoms with Crippen LogP contribution in [0, 0.1) is 11.7 Å². The van der Waals surface area contributed by atoms with Crippen LogP contribution in [-0.4, -0.2) is 48.7 Å². The van der Waals surface area contributed by atoms with E-state index in [2.05, 4.69) is 5.32 Å². The van der Waals surface area contributed by atoms with Crippen LogP contribution in [0.3, 0.4) is 0 Å². The maximum atomic E-state index is 12.9. The van der Waals surface area contributed by atoms with E-state index in [0.717, 1.165) is 37.9 Å². The van der Waals surface area contributed by atoms with E-state index in [1.54, 1.807) is 7.05 Å². The van der Waals surface area contributed by atoms with E-state index in [1.165, 1.54) is 12.1 Å². The number of aliphatic hydroxyl groups is 1. The molecule has 1 saturated heterocycles. The van der Waals surface area contributed by atoms with Crippen molar-refractivity contribution in [1.29, 1.82) is 0 Å². The maximum Gasteiger partial charge on any atom is 0.242 e. The van der Waals surface area contributed by atoms with Crippen molar-refractivity contribution in [2.75, 3.05) is 26.7 Å². The first kappa shape index (κ1) is 15.9. The largest absolute Gasteiger partial charge is 0.394 e. The number of hydrogen-bond acceptors (Lipinski definition) is 3. The Labute approximate surface area is 125 Å². The molecule has 1 fully saturated rings. The molecule has 0 aliphatic carbocycles. The first-order chi connectivity index (χ1) is 10.1. The molecule has 1 aliphatic rings. The topological polar surface area (TPSA) is 52.6 Å². The van der Waals surface area contributed by atoms with E-state index >= 15 is 0 Å². The van der Waals surface area contributed by atoms with Gasteiger partial charge in [0, 0.05) is 13.1 Å². The molecular weight excluding hydrogens is 271 g/mol. The van der Waals surface area contributed by atoms with Crippen LogP contribution < -0.4 is 5.32 Å². The first-order valence-electron chi connectivity index (χ1n) is 7.45. The van der Waals surface area contributed by atoms with Gasteiger partial charge in [-0.2, -0.15) is 0 Å². The summed E-state index contributed by atoms with van der Waals surface area (Å²) in [5.41, 5.74) is 1.14. The Hall–Kier alpha value is -1.46. The van der Waals surface area contributed by atoms with Crippen molar-refractivity contribution in [2.45, 2.75) is 25.3 Å². The fraction of sp³-hybridized carbons (Fsp3) is 0.562. The van der Waals surface area contributed by atoms with Gasteiger partial charge in [0.05, 0.1) is 6.61 Å². The number of aliphatic hydroxyl groups excluding tert-OH is 1. The van der Waals surface area contributed by atoms with Crippen molar-refractivity contribution in [2.24, 2.45) is 5.92 Å². The smallest absolute Gasteiger partial charge is 0.242 e. The third-order valence-corrected chi connectivity index (χ3v) is 4.19. The van der Waals surface area contributed by atoms with Crippen molar-refractivity contribution in [3.63, 3.8) is 0 Å². The Balaban J connectivity index is 1.83. The summed E-state index contributed by atoms with van der Waals surface area (Å²) in [6, 6.07) is 6.14. The predicted octanol–water partition coefficient (Wildman–Crippen LogP) is 1.19. The van der Waals surface area contributed by atoms with Gasteiger partial charge in [-0.25, -0.2) is 4.39 Å². The molecule has 1 amide bonds. The highest BCUT2D eigenvalue weighted by molar-refractivity contribution is 5.82. The highest BCUT2D eigenvalue weighted by Crippen LogP contribution is 2.22. The zero-order chi connectivity index (χ0) is 15.2. The lowest BCUT2D eigenvalue weighted by atomic mass is 9.90. The number of benzene rings is 1. The molecule has 1 aromatic carbocycles. The number of carbonyl (C=O) groups is 1. The van der Waals surface area contributed by atoms with E-state index < -0.39 is 6.04 Å². The molecule has 1 heterocycles. The third kappa shape index (κ3) is 4.25. The lowest BCUT2D eigenvalue weighted by Gasteiger charge is -2.34. The lowest BCUT2D eigenvalue weighted by Crippen LogP contribution is -2.50. The summed E-state index contributed by atoms with van der Waals surface area (Å²) < 4.78 is 12.9. The molecule has 1 atom stereocenters. The van der Waals surface area contributed by atoms with Crippen LogP contribution in [-0.2, 0) is 11.2 Å². The Kier molecular flexibility index (Phi) is 5.70. The number of rotatable bonds is 5. The molecule has 0 aromatic heterocycles. The van der Waals surface area contributed by atoms with Crippen LogP contribution >= 0.6 is 0 Å². The fourth-order valence-electron chi connectivity index (χ4n) is 2.82. The summed E-state index contributed by atoms with van der Waals surface area (Å²) in [5, 5.41) is 12.0. The molecule has 0 radical (unpaired) electrons. The second-order valence-corrected chi connectivity index (χ2v) is 5.62. The van der Waals surface area contributed by atoms with Gasteiger partial charge in [-0.1, -0.05) is 12.1 Å². The Morgan fingerprint density at radius 2 is 2.00 bits per heavy atom. The van der Waals surface area contributed by atoms with Crippen LogP contribution in [0.5, 0.6) is 0 Å². The molecular formula is C16H23FN2O2. The molecule has 0 spiro atoms. The second kappa shape index (κ2) is 7.52. The number of hydrogen-bond donors (Lipinski definition) is 2. The minimum Gasteiger partial charge on any atom is -0.394 e. The van der Waals surface area contributed by atoms with E-state index in [0.29, 0.717) is 5.92 Å². The van der Waals surface area contributed by atoms with Gasteiger partial charge in [-0.05, 0) is 49.9 Å². The quantitative estimate of drug-likeness (QED) is 0.857. The maximum absolute atomic E-state index is 12.9. The van der Waals surface area contributed by atoms with E-state index in [1.807, 2.05) is 17.0 Å². The highest BCUT2D eigenvalue weighted by atomic mass is 19.1. The minimum atomic E-state index is -0.501. The van der Waals surface area contributed by atoms with Gasteiger partial charge >= 0.3 is 0 Å². The molecule has 2 rings (SSSR count). The monoisotopic (exact) mass is 294 g/mol. The zero-order valence-electron chi connectivity index (χ0n) is 12.4. The molecule has 116 valence electrons. The Bertz CT molecular complexity index is 452. The molecule has 0 unspecified atom stereocenters. The van der Waals surface area contributed by atoms with Gasteiger partial charge in [-0.3, -0.25) is 4.79 Å². The van der Waals surface area contributed by atoms with Crippen molar-refractivity contribution >= 4 is 5.91 Å². The first-order valence-corrected chi connectivity index (χ1v) is 7.45. The number of piperidine rings is 1. The Morgan fingerprint density at radius 3 is 2.52 bits per heavy atom. The van der Waals surface area contributed by atoms with Crippen molar-refractivity contribution in [3.8, 4) is 0 Å². The summed E-state index contributed by atoms with van der Waals surface area (Å²) >= 11 is 0. The van der Waals surface area contributed by atoms with Gasteiger partial charge in [0.1, 0.15) is 11.9 Å². The van der Waals surface area contributed by atoms with Gasteiger partial charge in [0.2, 0.25) is 5.91 Å². The SMILES string of the molecule is CN[C@@H](CO)C(=O)N1CCC(Cc2ccc(F)cc2)CC1. The van der Waals surface area contributed by atoms with E-state index in [9.17, 15) is 9.18 Å². The number of nitrogens with one attached hydrogen (secondary N) is 1. The van der Waals surface area contributed by atoms with Crippen molar-refractivity contribution in [1.82, 2.24) is 10.2 Å². The lowest BCUT2D eigenvalue weighted by molar-refractivity contribution is -0.135. The number of amides is 1. The average molecular weight is 294 g/mol. The van der Waals surface area contributed by atoms with Gasteiger partial charge < -0.3 is 15.3 Å². The number of carbonyl (C=O) groups excluding carboxylic acids is 1. The van der Waals surface area contributed by atoms with Gasteiger partial charge in [0.25, 0.3) is 0 Å². The average Bonchev–Trinajstić information content (AvgIpc) is 2.51. The summed E-state index contributed by atoms with van der Waals surface area (Å²) in [6.45, 7) is 1.27. The van der Waals surface area contributed by atoms with Gasteiger partial charge in [0.15, 0.2) is 0 Å². The summed E-state index contributed by atoms with van der Waals surface area (Å²) in [7, 11) is 1.68. The number of likely N-dealkylation sites (tertiary alicyclic amines) is 1. The fourth-order valence-corrected chi connectivity index (χ4v) is 2.82. The summed E-state index contributed by atoms with van der Waals surface area (Å²) in [5.74, 6) is 0.295. The number of halogens is 1. The third-order valence-electron chi connectivity index (χ3n) is 4.19. The standard InChI is InChI=1S/C16H23FN2O2/c1-18-15(11-20)16(21)19-8-6-13(7-9-19)10-12-2-4-14(17)5-3-12/h2-5,13,15,18,20H,6-11H2,1H3/t15-/m0/s1. The summed E-state index contributed by atoms with van der Waals surface area (Å²) in [6.07, 6.45) is 2.83. The predicted molar refractivity (Wildman–Crippen MR) is 79.3 cm³/mol. The molecule has 21 heavy (non-hydrogen) atoms. The normalized spacial score (nSPS) is 17.8. The number of likely N-dealkylation sites (N-methyl/N-ethyl adjacent to an activating group) is 1. The minimum absolute atomic E-state index is 0.0276. The van der Waals surface area contributed by atoms with Crippen LogP contribution in [0.15, 0.2) is 24.3 Å². The van der Waals surface area contributed by atoms with Crippen LogP contribution in [0.2, 0.25) is 0 Å². The van der Waals surface area contributed by atoms with Crippen LogP contribution in [0.4, 0.5) is 4.39 Å². The Morgan fingerprint density at radius 1 is 1.38 bits per heavy atom. The summed E-state index contributed by atoms with van der Waals surface area (Å²) in [4.78, 5) is 13.9. The molecule has 1 aromatic rings. The van der Waals surface area contributed by atoms with E-state index in [-0.39, 0.29) is 18.3 Å². The molecule has 4 nitrogen and oxygen atoms in total. The molecule has 2 N–H and O–H groups in total. The van der Waals surface area contributed by atoms with Crippen LogP contribution in [0.1, 0.15) is 18.4 Å². The zero-order valence-corrected chi connectivity index (χ0v) is 12.4. The molecule has 0 saturated carbocycles. The van der Waals surface area contributed by atoms with Gasteiger partial charge in [-0.15, -0.1) is 0 Å². The van der Waals surface area contributed by atoms with Crippen molar-refractivity contribution < 1.29 is 14.3 Å².